The van der Waals surface area contributed by atoms with Crippen molar-refractivity contribution in [3.63, 3.8) is 0 Å². The van der Waals surface area contributed by atoms with Crippen LogP contribution >= 0.6 is 23.2 Å². The highest BCUT2D eigenvalue weighted by atomic mass is 35.5. The summed E-state index contributed by atoms with van der Waals surface area (Å²) in [5.41, 5.74) is 3.25. The first-order valence-electron chi connectivity index (χ1n) is 11.3. The normalized spacial score (nSPS) is 26.7. The third-order valence-corrected chi connectivity index (χ3v) is 8.55. The molecule has 2 aliphatic rings. The summed E-state index contributed by atoms with van der Waals surface area (Å²) >= 11 is 12.5. The van der Waals surface area contributed by atoms with Crippen molar-refractivity contribution in [3.8, 4) is 0 Å². The lowest BCUT2D eigenvalue weighted by atomic mass is 9.74. The summed E-state index contributed by atoms with van der Waals surface area (Å²) in [7, 11) is 0. The molecule has 0 aliphatic heterocycles. The predicted octanol–water partition coefficient (Wildman–Crippen LogP) is 8.68. The van der Waals surface area contributed by atoms with Crippen LogP contribution in [0, 0.1) is 35.4 Å². The van der Waals surface area contributed by atoms with Crippen LogP contribution in [0.4, 0.5) is 4.39 Å². The van der Waals surface area contributed by atoms with Gasteiger partial charge in [0.2, 0.25) is 0 Å². The molecule has 0 radical (unpaired) electrons. The molecule has 3 heteroatoms. The summed E-state index contributed by atoms with van der Waals surface area (Å²) in [6.07, 6.45) is 3.63. The zero-order valence-electron chi connectivity index (χ0n) is 18.7. The molecule has 4 rings (SSSR count). The summed E-state index contributed by atoms with van der Waals surface area (Å²) in [4.78, 5) is 0. The molecule has 0 aromatic heterocycles. The number of hydrogen-bond acceptors (Lipinski definition) is 0. The van der Waals surface area contributed by atoms with Crippen molar-refractivity contribution in [2.75, 3.05) is 0 Å². The van der Waals surface area contributed by atoms with Crippen molar-refractivity contribution in [2.45, 2.75) is 65.2 Å². The Labute approximate surface area is 191 Å². The maximum Gasteiger partial charge on any atom is 0.128 e. The van der Waals surface area contributed by atoms with E-state index in [9.17, 15) is 4.39 Å². The largest absolute Gasteiger partial charge is 0.207 e. The minimum atomic E-state index is -0.163. The Bertz CT molecular complexity index is 920. The lowest BCUT2D eigenvalue weighted by Gasteiger charge is -2.30. The second-order valence-corrected chi connectivity index (χ2v) is 11.5. The maximum atomic E-state index is 14.6. The summed E-state index contributed by atoms with van der Waals surface area (Å²) < 4.78 is 14.6. The van der Waals surface area contributed by atoms with Gasteiger partial charge in [-0.1, -0.05) is 76.0 Å². The predicted molar refractivity (Wildman–Crippen MR) is 126 cm³/mol. The van der Waals surface area contributed by atoms with E-state index in [4.69, 9.17) is 23.2 Å². The van der Waals surface area contributed by atoms with Crippen LogP contribution in [0.5, 0.6) is 0 Å². The Hall–Kier alpha value is -1.05. The Morgan fingerprint density at radius 2 is 1.67 bits per heavy atom. The second-order valence-electron chi connectivity index (χ2n) is 10.6. The Morgan fingerprint density at radius 1 is 1.00 bits per heavy atom. The van der Waals surface area contributed by atoms with Crippen molar-refractivity contribution in [3.05, 3.63) is 69.0 Å². The fraction of sp³-hybridized carbons (Fsp3) is 0.556. The van der Waals surface area contributed by atoms with E-state index in [2.05, 4.69) is 52.8 Å². The third-order valence-electron chi connectivity index (χ3n) is 7.99. The summed E-state index contributed by atoms with van der Waals surface area (Å²) in [5, 5.41) is 1.37. The first-order chi connectivity index (χ1) is 14.1. The molecule has 0 heterocycles. The maximum absolute atomic E-state index is 14.6. The number of benzene rings is 2. The molecule has 2 aliphatic carbocycles. The van der Waals surface area contributed by atoms with Crippen LogP contribution in [0.1, 0.15) is 70.1 Å². The first kappa shape index (κ1) is 22.2. The van der Waals surface area contributed by atoms with Gasteiger partial charge in [0.05, 0.1) is 0 Å². The number of fused-ring (bicyclic) bond motifs is 1. The van der Waals surface area contributed by atoms with Gasteiger partial charge in [0.15, 0.2) is 0 Å². The van der Waals surface area contributed by atoms with E-state index in [1.807, 2.05) is 12.1 Å². The molecule has 3 unspecified atom stereocenters. The first-order valence-corrected chi connectivity index (χ1v) is 12.1. The van der Waals surface area contributed by atoms with Crippen molar-refractivity contribution in [2.24, 2.45) is 29.6 Å². The van der Waals surface area contributed by atoms with Crippen molar-refractivity contribution >= 4 is 23.2 Å². The molecule has 162 valence electrons. The quantitative estimate of drug-likeness (QED) is 0.415. The van der Waals surface area contributed by atoms with Gasteiger partial charge in [-0.15, -0.1) is 0 Å². The summed E-state index contributed by atoms with van der Waals surface area (Å²) in [6.45, 7) is 11.2. The van der Waals surface area contributed by atoms with E-state index in [1.165, 1.54) is 30.0 Å². The molecule has 2 fully saturated rings. The van der Waals surface area contributed by atoms with Crippen molar-refractivity contribution in [1.29, 1.82) is 0 Å². The van der Waals surface area contributed by atoms with Gasteiger partial charge in [-0.2, -0.15) is 0 Å². The molecule has 0 N–H and O–H groups in total. The molecule has 0 nitrogen and oxygen atoms in total. The van der Waals surface area contributed by atoms with Gasteiger partial charge >= 0.3 is 0 Å². The topological polar surface area (TPSA) is 0 Å². The molecule has 0 saturated heterocycles. The van der Waals surface area contributed by atoms with E-state index in [1.54, 1.807) is 0 Å². The SMILES string of the molecule is CC(C)c1ccc(CC(C)C2CC3C(C2)C3C(C)(C)c2ccc(Cl)cc2F)cc1Cl. The molecule has 2 aromatic rings. The van der Waals surface area contributed by atoms with E-state index in [0.717, 1.165) is 34.8 Å². The number of rotatable bonds is 6. The molecular weight excluding hydrogens is 414 g/mol. The smallest absolute Gasteiger partial charge is 0.128 e. The second kappa shape index (κ2) is 8.14. The van der Waals surface area contributed by atoms with Gasteiger partial charge in [0, 0.05) is 10.0 Å². The van der Waals surface area contributed by atoms with E-state index >= 15 is 0 Å². The Morgan fingerprint density at radius 3 is 2.23 bits per heavy atom. The summed E-state index contributed by atoms with van der Waals surface area (Å²) in [5.74, 6) is 3.74. The van der Waals surface area contributed by atoms with Gasteiger partial charge < -0.3 is 0 Å². The van der Waals surface area contributed by atoms with Crippen molar-refractivity contribution < 1.29 is 4.39 Å². The molecule has 30 heavy (non-hydrogen) atoms. The van der Waals surface area contributed by atoms with Gasteiger partial charge in [0.1, 0.15) is 5.82 Å². The average molecular weight is 447 g/mol. The van der Waals surface area contributed by atoms with E-state index in [0.29, 0.717) is 22.8 Å². The van der Waals surface area contributed by atoms with Gasteiger partial charge in [-0.05, 0) is 95.1 Å². The van der Waals surface area contributed by atoms with Crippen LogP contribution in [0.15, 0.2) is 36.4 Å². The fourth-order valence-electron chi connectivity index (χ4n) is 6.31. The van der Waals surface area contributed by atoms with Gasteiger partial charge in [0.25, 0.3) is 0 Å². The minimum absolute atomic E-state index is 0.140. The van der Waals surface area contributed by atoms with Crippen LogP contribution in [0.25, 0.3) is 0 Å². The van der Waals surface area contributed by atoms with Crippen LogP contribution in [-0.2, 0) is 11.8 Å². The van der Waals surface area contributed by atoms with Crippen LogP contribution in [0.2, 0.25) is 10.0 Å². The fourth-order valence-corrected chi connectivity index (χ4v) is 6.89. The van der Waals surface area contributed by atoms with Gasteiger partial charge in [-0.3, -0.25) is 0 Å². The third kappa shape index (κ3) is 4.05. The molecule has 0 spiro atoms. The van der Waals surface area contributed by atoms with E-state index < -0.39 is 0 Å². The minimum Gasteiger partial charge on any atom is -0.207 e. The zero-order valence-corrected chi connectivity index (χ0v) is 20.2. The summed E-state index contributed by atoms with van der Waals surface area (Å²) in [6, 6.07) is 11.8. The number of halogens is 3. The molecule has 0 amide bonds. The Kier molecular flexibility index (Phi) is 6.01. The van der Waals surface area contributed by atoms with Gasteiger partial charge in [-0.25, -0.2) is 4.39 Å². The lowest BCUT2D eigenvalue weighted by Crippen LogP contribution is -2.26. The molecule has 0 bridgehead atoms. The van der Waals surface area contributed by atoms with Crippen LogP contribution in [-0.4, -0.2) is 0 Å². The molecule has 2 saturated carbocycles. The van der Waals surface area contributed by atoms with Crippen LogP contribution < -0.4 is 0 Å². The highest BCUT2D eigenvalue weighted by Crippen LogP contribution is 2.67. The highest BCUT2D eigenvalue weighted by Gasteiger charge is 2.62. The lowest BCUT2D eigenvalue weighted by molar-refractivity contribution is 0.277. The zero-order chi connectivity index (χ0) is 21.8. The average Bonchev–Trinajstić information content (AvgIpc) is 3.17. The molecule has 2 aromatic carbocycles. The Balaban J connectivity index is 1.38. The monoisotopic (exact) mass is 446 g/mol. The molecule has 3 atom stereocenters. The number of hydrogen-bond donors (Lipinski definition) is 0. The highest BCUT2D eigenvalue weighted by molar-refractivity contribution is 6.31. The standard InChI is InChI=1S/C27H33Cl2F/c1-15(2)20-8-6-17(11-24(20)29)10-16(3)18-12-21-22(13-18)26(21)27(4,5)23-9-7-19(28)14-25(23)30/h6-9,11,14-16,18,21-22,26H,10,12-13H2,1-5H3. The van der Waals surface area contributed by atoms with Crippen LogP contribution in [0.3, 0.4) is 0 Å². The molecular formula is C27H33Cl2F. The van der Waals surface area contributed by atoms with E-state index in [-0.39, 0.29) is 11.2 Å². The van der Waals surface area contributed by atoms with Crippen molar-refractivity contribution in [1.82, 2.24) is 0 Å².